The number of hydrogen-bond donors (Lipinski definition) is 1. The van der Waals surface area contributed by atoms with Crippen LogP contribution in [0, 0.1) is 12.7 Å². The van der Waals surface area contributed by atoms with Gasteiger partial charge in [-0.1, -0.05) is 6.07 Å². The zero-order valence-electron chi connectivity index (χ0n) is 7.42. The molecule has 1 aromatic rings. The Kier molecular flexibility index (Phi) is 5.42. The number of halogens is 2. The van der Waals surface area contributed by atoms with Gasteiger partial charge in [-0.05, 0) is 18.6 Å². The van der Waals surface area contributed by atoms with E-state index in [2.05, 4.69) is 0 Å². The van der Waals surface area contributed by atoms with Crippen molar-refractivity contribution in [3.8, 4) is 5.75 Å². The van der Waals surface area contributed by atoms with E-state index < -0.39 is 0 Å². The van der Waals surface area contributed by atoms with Crippen molar-refractivity contribution in [1.82, 2.24) is 0 Å². The van der Waals surface area contributed by atoms with Crippen molar-refractivity contribution in [2.75, 3.05) is 13.2 Å². The Morgan fingerprint density at radius 3 is 2.77 bits per heavy atom. The minimum atomic E-state index is -0.285. The first-order valence-electron chi connectivity index (χ1n) is 3.83. The number of ether oxygens (including phenoxy) is 1. The van der Waals surface area contributed by atoms with Crippen molar-refractivity contribution in [1.29, 1.82) is 0 Å². The summed E-state index contributed by atoms with van der Waals surface area (Å²) in [7, 11) is 0. The molecule has 74 valence electrons. The van der Waals surface area contributed by atoms with Crippen molar-refractivity contribution < 1.29 is 9.13 Å². The van der Waals surface area contributed by atoms with Gasteiger partial charge in [0.15, 0.2) is 0 Å². The summed E-state index contributed by atoms with van der Waals surface area (Å²) in [6, 6.07) is 4.46. The Balaban J connectivity index is 0.00000144. The Morgan fingerprint density at radius 2 is 2.15 bits per heavy atom. The molecule has 0 saturated carbocycles. The monoisotopic (exact) mass is 205 g/mol. The molecular formula is C9H13ClFNO. The smallest absolute Gasteiger partial charge is 0.126 e. The van der Waals surface area contributed by atoms with Crippen LogP contribution in [0.15, 0.2) is 18.2 Å². The Bertz CT molecular complexity index is 268. The van der Waals surface area contributed by atoms with Gasteiger partial charge in [0.2, 0.25) is 0 Å². The number of hydrogen-bond acceptors (Lipinski definition) is 2. The molecule has 2 N–H and O–H groups in total. The fourth-order valence-corrected chi connectivity index (χ4v) is 0.898. The summed E-state index contributed by atoms with van der Waals surface area (Å²) < 4.78 is 17.9. The highest BCUT2D eigenvalue weighted by Crippen LogP contribution is 2.18. The summed E-state index contributed by atoms with van der Waals surface area (Å²) in [5.41, 5.74) is 6.17. The molecule has 0 unspecified atom stereocenters. The van der Waals surface area contributed by atoms with Crippen LogP contribution in [0.25, 0.3) is 0 Å². The molecule has 0 aromatic heterocycles. The van der Waals surface area contributed by atoms with Crippen LogP contribution in [0.3, 0.4) is 0 Å². The van der Waals surface area contributed by atoms with E-state index in [1.165, 1.54) is 12.1 Å². The van der Waals surface area contributed by atoms with Crippen LogP contribution < -0.4 is 10.5 Å². The highest BCUT2D eigenvalue weighted by Gasteiger charge is 1.99. The second-order valence-electron chi connectivity index (χ2n) is 2.55. The molecule has 0 fully saturated rings. The minimum Gasteiger partial charge on any atom is -0.492 e. The number of benzene rings is 1. The Labute approximate surface area is 83.3 Å². The second kappa shape index (κ2) is 5.78. The summed E-state index contributed by atoms with van der Waals surface area (Å²) in [6.45, 7) is 2.73. The lowest BCUT2D eigenvalue weighted by molar-refractivity contribution is 0.324. The topological polar surface area (TPSA) is 35.2 Å². The van der Waals surface area contributed by atoms with Crippen LogP contribution in [0.4, 0.5) is 4.39 Å². The molecule has 0 aliphatic rings. The third-order valence-electron chi connectivity index (χ3n) is 1.53. The van der Waals surface area contributed by atoms with Gasteiger partial charge >= 0.3 is 0 Å². The largest absolute Gasteiger partial charge is 0.492 e. The van der Waals surface area contributed by atoms with Crippen LogP contribution in [0.5, 0.6) is 5.75 Å². The molecule has 0 amide bonds. The number of rotatable bonds is 3. The summed E-state index contributed by atoms with van der Waals surface area (Å²) in [5.74, 6) is 0.285. The van der Waals surface area contributed by atoms with Gasteiger partial charge in [0.1, 0.15) is 18.2 Å². The van der Waals surface area contributed by atoms with Crippen molar-refractivity contribution in [2.45, 2.75) is 6.92 Å². The zero-order chi connectivity index (χ0) is 8.97. The van der Waals surface area contributed by atoms with Crippen LogP contribution in [-0.4, -0.2) is 13.2 Å². The maximum atomic E-state index is 12.7. The van der Waals surface area contributed by atoms with Crippen LogP contribution >= 0.6 is 12.4 Å². The van der Waals surface area contributed by atoms with Gasteiger partial charge < -0.3 is 10.5 Å². The predicted octanol–water partition coefficient (Wildman–Crippen LogP) is 1.89. The number of nitrogens with two attached hydrogens (primary N) is 1. The summed E-state index contributed by atoms with van der Waals surface area (Å²) >= 11 is 0. The third-order valence-corrected chi connectivity index (χ3v) is 1.53. The van der Waals surface area contributed by atoms with Crippen molar-refractivity contribution in [3.05, 3.63) is 29.6 Å². The van der Waals surface area contributed by atoms with Crippen LogP contribution in [0.1, 0.15) is 5.56 Å². The van der Waals surface area contributed by atoms with Crippen molar-refractivity contribution in [3.63, 3.8) is 0 Å². The van der Waals surface area contributed by atoms with Gasteiger partial charge in [-0.2, -0.15) is 0 Å². The Morgan fingerprint density at radius 1 is 1.46 bits per heavy atom. The normalized spacial score (nSPS) is 9.15. The number of aryl methyl sites for hydroxylation is 1. The van der Waals surface area contributed by atoms with Gasteiger partial charge in [0, 0.05) is 12.6 Å². The highest BCUT2D eigenvalue weighted by molar-refractivity contribution is 5.85. The van der Waals surface area contributed by atoms with E-state index in [1.807, 2.05) is 6.92 Å². The average molecular weight is 206 g/mol. The molecule has 2 nitrogen and oxygen atoms in total. The molecule has 0 saturated heterocycles. The van der Waals surface area contributed by atoms with E-state index in [0.29, 0.717) is 18.9 Å². The standard InChI is InChI=1S/C9H12FNO.ClH/c1-7-2-3-8(10)6-9(7)12-5-4-11;/h2-3,6H,4-5,11H2,1H3;1H. The highest BCUT2D eigenvalue weighted by atomic mass is 35.5. The lowest BCUT2D eigenvalue weighted by Gasteiger charge is -2.06. The average Bonchev–Trinajstić information content (AvgIpc) is 2.07. The molecule has 4 heteroatoms. The molecule has 0 heterocycles. The van der Waals surface area contributed by atoms with Crippen LogP contribution in [0.2, 0.25) is 0 Å². The second-order valence-corrected chi connectivity index (χ2v) is 2.55. The minimum absolute atomic E-state index is 0. The molecule has 1 rings (SSSR count). The lowest BCUT2D eigenvalue weighted by Crippen LogP contribution is -2.11. The van der Waals surface area contributed by atoms with Crippen molar-refractivity contribution in [2.24, 2.45) is 5.73 Å². The van der Waals surface area contributed by atoms with Gasteiger partial charge in [0.05, 0.1) is 0 Å². The van der Waals surface area contributed by atoms with E-state index in [-0.39, 0.29) is 18.2 Å². The molecule has 1 aromatic carbocycles. The molecule has 0 aliphatic heterocycles. The summed E-state index contributed by atoms with van der Waals surface area (Å²) in [5, 5.41) is 0. The third kappa shape index (κ3) is 3.61. The molecular weight excluding hydrogens is 193 g/mol. The fourth-order valence-electron chi connectivity index (χ4n) is 0.898. The van der Waals surface area contributed by atoms with E-state index in [0.717, 1.165) is 5.56 Å². The zero-order valence-corrected chi connectivity index (χ0v) is 8.23. The van der Waals surface area contributed by atoms with E-state index >= 15 is 0 Å². The molecule has 0 radical (unpaired) electrons. The first kappa shape index (κ1) is 12.2. The van der Waals surface area contributed by atoms with Gasteiger partial charge in [-0.3, -0.25) is 0 Å². The molecule has 0 bridgehead atoms. The molecule has 0 aliphatic carbocycles. The first-order valence-corrected chi connectivity index (χ1v) is 3.83. The van der Waals surface area contributed by atoms with Crippen molar-refractivity contribution >= 4 is 12.4 Å². The Hall–Kier alpha value is -0.800. The maximum absolute atomic E-state index is 12.7. The first-order chi connectivity index (χ1) is 5.74. The maximum Gasteiger partial charge on any atom is 0.126 e. The molecule has 13 heavy (non-hydrogen) atoms. The van der Waals surface area contributed by atoms with E-state index in [4.69, 9.17) is 10.5 Å². The lowest BCUT2D eigenvalue weighted by atomic mass is 10.2. The molecule has 0 atom stereocenters. The van der Waals surface area contributed by atoms with Gasteiger partial charge in [-0.15, -0.1) is 12.4 Å². The van der Waals surface area contributed by atoms with Gasteiger partial charge in [0.25, 0.3) is 0 Å². The SMILES string of the molecule is Cc1ccc(F)cc1OCCN.Cl. The summed E-state index contributed by atoms with van der Waals surface area (Å²) in [6.07, 6.45) is 0. The predicted molar refractivity (Wildman–Crippen MR) is 52.9 cm³/mol. The fraction of sp³-hybridized carbons (Fsp3) is 0.333. The van der Waals surface area contributed by atoms with E-state index in [9.17, 15) is 4.39 Å². The van der Waals surface area contributed by atoms with E-state index in [1.54, 1.807) is 6.07 Å². The quantitative estimate of drug-likeness (QED) is 0.818. The molecule has 0 spiro atoms. The van der Waals surface area contributed by atoms with Gasteiger partial charge in [-0.25, -0.2) is 4.39 Å². The van der Waals surface area contributed by atoms with Crippen LogP contribution in [-0.2, 0) is 0 Å². The summed E-state index contributed by atoms with van der Waals surface area (Å²) in [4.78, 5) is 0.